The zero-order valence-corrected chi connectivity index (χ0v) is 7.51. The number of nitrogens with zero attached hydrogens (tertiary/aromatic N) is 1. The molecule has 2 unspecified atom stereocenters. The van der Waals surface area contributed by atoms with Crippen molar-refractivity contribution in [1.82, 2.24) is 0 Å². The monoisotopic (exact) mass is 151 g/mol. The second-order valence-electron chi connectivity index (χ2n) is 3.34. The van der Waals surface area contributed by atoms with Crippen LogP contribution in [0.25, 0.3) is 4.85 Å². The Hall–Kier alpha value is -0.640. The van der Waals surface area contributed by atoms with Crippen LogP contribution in [0.4, 0.5) is 0 Å². The van der Waals surface area contributed by atoms with E-state index in [9.17, 15) is 0 Å². The first-order valence-electron chi connectivity index (χ1n) is 4.18. The van der Waals surface area contributed by atoms with E-state index in [4.69, 9.17) is 6.57 Å². The van der Waals surface area contributed by atoms with Gasteiger partial charge in [-0.05, 0) is 6.54 Å². The molecule has 0 rings (SSSR count). The van der Waals surface area contributed by atoms with Crippen LogP contribution >= 0.6 is 0 Å². The van der Waals surface area contributed by atoms with Crippen LogP contribution in [0, 0.1) is 31.9 Å². The van der Waals surface area contributed by atoms with Gasteiger partial charge in [-0.3, -0.25) is 6.57 Å². The predicted molar refractivity (Wildman–Crippen MR) is 48.4 cm³/mol. The first-order valence-corrected chi connectivity index (χ1v) is 4.18. The van der Waals surface area contributed by atoms with Gasteiger partial charge in [-0.2, -0.15) is 5.92 Å². The van der Waals surface area contributed by atoms with Crippen LogP contribution < -0.4 is 0 Å². The maximum Gasteiger partial charge on any atom is -0.0407 e. The van der Waals surface area contributed by atoms with Gasteiger partial charge in [0.15, 0.2) is 0 Å². The Kier molecular flexibility index (Phi) is 5.74. The summed E-state index contributed by atoms with van der Waals surface area (Å²) in [4.78, 5) is 3.21. The van der Waals surface area contributed by atoms with E-state index in [1.807, 2.05) is 0 Å². The summed E-state index contributed by atoms with van der Waals surface area (Å²) in [6, 6.07) is 0. The first kappa shape index (κ1) is 10.4. The normalized spacial score (nSPS) is 15.1. The molecule has 0 aromatic heterocycles. The summed E-state index contributed by atoms with van der Waals surface area (Å²) >= 11 is 0. The molecule has 64 valence electrons. The summed E-state index contributed by atoms with van der Waals surface area (Å²) in [7, 11) is 0. The SMILES string of the molecule is [C-]#[N+][CH-]CC(C)CCC([CH2-])C. The summed E-state index contributed by atoms with van der Waals surface area (Å²) in [5.74, 6) is 1.19. The topological polar surface area (TPSA) is 4.36 Å². The number of rotatable bonds is 5. The molecule has 0 spiro atoms. The molecule has 0 bridgehead atoms. The van der Waals surface area contributed by atoms with E-state index < -0.39 is 0 Å². The van der Waals surface area contributed by atoms with Crippen molar-refractivity contribution in [2.75, 3.05) is 0 Å². The summed E-state index contributed by atoms with van der Waals surface area (Å²) in [5, 5.41) is 0. The highest BCUT2D eigenvalue weighted by molar-refractivity contribution is 4.77. The van der Waals surface area contributed by atoms with Crippen molar-refractivity contribution < 1.29 is 0 Å². The standard InChI is InChI=1S/C10H17N/c1-9(2)5-6-10(3)7-8-11-4/h8-10H,1,5-7H2,2-3H3/q-2. The van der Waals surface area contributed by atoms with Crippen molar-refractivity contribution in [3.63, 3.8) is 0 Å². The Morgan fingerprint density at radius 1 is 1.45 bits per heavy atom. The Labute approximate surface area is 70.6 Å². The van der Waals surface area contributed by atoms with Crippen LogP contribution in [0.2, 0.25) is 0 Å². The van der Waals surface area contributed by atoms with Crippen LogP contribution in [-0.4, -0.2) is 0 Å². The lowest BCUT2D eigenvalue weighted by atomic mass is 9.97. The quantitative estimate of drug-likeness (QED) is 0.531. The summed E-state index contributed by atoms with van der Waals surface area (Å²) < 4.78 is 0. The second-order valence-corrected chi connectivity index (χ2v) is 3.34. The highest BCUT2D eigenvalue weighted by atomic mass is 14.6. The Bertz CT molecular complexity index is 121. The highest BCUT2D eigenvalue weighted by Gasteiger charge is 1.97. The fourth-order valence-corrected chi connectivity index (χ4v) is 0.920. The van der Waals surface area contributed by atoms with Crippen LogP contribution in [0.5, 0.6) is 0 Å². The summed E-state index contributed by atoms with van der Waals surface area (Å²) in [5.41, 5.74) is 0. The lowest BCUT2D eigenvalue weighted by Crippen LogP contribution is -1.97. The molecule has 0 saturated heterocycles. The average molecular weight is 151 g/mol. The predicted octanol–water partition coefficient (Wildman–Crippen LogP) is 3.34. The molecule has 0 N–H and O–H groups in total. The van der Waals surface area contributed by atoms with Gasteiger partial charge < -0.3 is 11.8 Å². The molecule has 1 heteroatoms. The van der Waals surface area contributed by atoms with Gasteiger partial charge in [0.1, 0.15) is 0 Å². The molecule has 0 saturated carbocycles. The van der Waals surface area contributed by atoms with Crippen molar-refractivity contribution >= 4 is 0 Å². The fraction of sp³-hybridized carbons (Fsp3) is 0.700. The van der Waals surface area contributed by atoms with E-state index >= 15 is 0 Å². The minimum Gasteiger partial charge on any atom is -0.461 e. The third-order valence-electron chi connectivity index (χ3n) is 1.75. The second kappa shape index (κ2) is 6.09. The van der Waals surface area contributed by atoms with Crippen LogP contribution in [-0.2, 0) is 0 Å². The molecular weight excluding hydrogens is 134 g/mol. The lowest BCUT2D eigenvalue weighted by molar-refractivity contribution is 0.467. The molecule has 0 heterocycles. The zero-order valence-electron chi connectivity index (χ0n) is 7.51. The number of hydrogen-bond acceptors (Lipinski definition) is 0. The van der Waals surface area contributed by atoms with Crippen LogP contribution in [0.3, 0.4) is 0 Å². The largest absolute Gasteiger partial charge is 0.461 e. The molecule has 0 aliphatic carbocycles. The minimum atomic E-state index is 0.547. The smallest absolute Gasteiger partial charge is 0.0407 e. The van der Waals surface area contributed by atoms with Crippen molar-refractivity contribution in [2.45, 2.75) is 33.1 Å². The van der Waals surface area contributed by atoms with E-state index in [0.29, 0.717) is 11.8 Å². The molecule has 2 atom stereocenters. The third kappa shape index (κ3) is 7.25. The highest BCUT2D eigenvalue weighted by Crippen LogP contribution is 2.15. The molecule has 11 heavy (non-hydrogen) atoms. The van der Waals surface area contributed by atoms with Crippen molar-refractivity contribution in [3.8, 4) is 0 Å². The van der Waals surface area contributed by atoms with Crippen molar-refractivity contribution in [1.29, 1.82) is 0 Å². The molecule has 0 aromatic carbocycles. The van der Waals surface area contributed by atoms with Crippen molar-refractivity contribution in [3.05, 3.63) is 24.9 Å². The summed E-state index contributed by atoms with van der Waals surface area (Å²) in [6.07, 6.45) is 3.29. The van der Waals surface area contributed by atoms with Gasteiger partial charge in [0.2, 0.25) is 0 Å². The molecule has 0 aliphatic heterocycles. The third-order valence-corrected chi connectivity index (χ3v) is 1.75. The Morgan fingerprint density at radius 2 is 2.09 bits per heavy atom. The maximum absolute atomic E-state index is 6.57. The number of hydrogen-bond donors (Lipinski definition) is 0. The van der Waals surface area contributed by atoms with Gasteiger partial charge in [0, 0.05) is 0 Å². The fourth-order valence-electron chi connectivity index (χ4n) is 0.920. The van der Waals surface area contributed by atoms with Gasteiger partial charge >= 0.3 is 0 Å². The maximum atomic E-state index is 6.57. The van der Waals surface area contributed by atoms with Gasteiger partial charge in [0.25, 0.3) is 0 Å². The van der Waals surface area contributed by atoms with E-state index in [2.05, 4.69) is 25.6 Å². The van der Waals surface area contributed by atoms with Gasteiger partial charge in [0.05, 0.1) is 0 Å². The Balaban J connectivity index is 3.23. The van der Waals surface area contributed by atoms with E-state index in [0.717, 1.165) is 6.42 Å². The van der Waals surface area contributed by atoms with Gasteiger partial charge in [-0.25, -0.2) is 0 Å². The molecule has 0 fully saturated rings. The van der Waals surface area contributed by atoms with E-state index in [-0.39, 0.29) is 0 Å². The van der Waals surface area contributed by atoms with Crippen LogP contribution in [0.15, 0.2) is 0 Å². The van der Waals surface area contributed by atoms with Crippen LogP contribution in [0.1, 0.15) is 33.1 Å². The van der Waals surface area contributed by atoms with E-state index in [1.54, 1.807) is 6.54 Å². The molecule has 0 aliphatic rings. The first-order chi connectivity index (χ1) is 5.16. The lowest BCUT2D eigenvalue weighted by Gasteiger charge is -2.16. The molecular formula is C10H17N-2. The minimum absolute atomic E-state index is 0.547. The molecule has 1 nitrogen and oxygen atoms in total. The van der Waals surface area contributed by atoms with Gasteiger partial charge in [-0.1, -0.05) is 39.0 Å². The average Bonchev–Trinajstić information content (AvgIpc) is 1.97. The Morgan fingerprint density at radius 3 is 2.55 bits per heavy atom. The zero-order chi connectivity index (χ0) is 8.69. The van der Waals surface area contributed by atoms with Gasteiger partial charge in [-0.15, -0.1) is 0 Å². The van der Waals surface area contributed by atoms with Crippen molar-refractivity contribution in [2.24, 2.45) is 11.8 Å². The summed E-state index contributed by atoms with van der Waals surface area (Å²) in [6.45, 7) is 16.5. The molecule has 0 amide bonds. The van der Waals surface area contributed by atoms with E-state index in [1.165, 1.54) is 12.8 Å². The molecule has 0 radical (unpaired) electrons. The molecule has 0 aromatic rings.